The fourth-order valence-electron chi connectivity index (χ4n) is 3.06. The predicted molar refractivity (Wildman–Crippen MR) is 89.8 cm³/mol. The van der Waals surface area contributed by atoms with E-state index in [1.54, 1.807) is 7.11 Å². The minimum atomic E-state index is 0.0516. The van der Waals surface area contributed by atoms with Gasteiger partial charge in [-0.25, -0.2) is 0 Å². The third-order valence-corrected chi connectivity index (χ3v) is 4.26. The molecule has 5 nitrogen and oxygen atoms in total. The Balaban J connectivity index is 1.86. The van der Waals surface area contributed by atoms with Gasteiger partial charge in [0.2, 0.25) is 12.5 Å². The van der Waals surface area contributed by atoms with Crippen LogP contribution in [0, 0.1) is 0 Å². The second kappa shape index (κ2) is 5.67. The molecule has 2 aromatic carbocycles. The zero-order valence-corrected chi connectivity index (χ0v) is 13.9. The van der Waals surface area contributed by atoms with Crippen LogP contribution in [0.3, 0.4) is 0 Å². The first-order chi connectivity index (χ1) is 11.7. The molecule has 2 heterocycles. The zero-order valence-electron chi connectivity index (χ0n) is 13.9. The van der Waals surface area contributed by atoms with E-state index in [1.165, 1.54) is 0 Å². The average molecular weight is 325 g/mol. The van der Waals surface area contributed by atoms with E-state index in [-0.39, 0.29) is 12.7 Å². The first-order valence-electron chi connectivity index (χ1n) is 7.81. The van der Waals surface area contributed by atoms with E-state index >= 15 is 0 Å². The SMILES string of the molecule is COc1cc(C2C=C(N(C)C)Oc3ccccc32)cc2c1OCO2. The minimum Gasteiger partial charge on any atom is -0.493 e. The van der Waals surface area contributed by atoms with Crippen LogP contribution in [0.25, 0.3) is 0 Å². The van der Waals surface area contributed by atoms with Crippen LogP contribution < -0.4 is 18.9 Å². The molecular weight excluding hydrogens is 306 g/mol. The smallest absolute Gasteiger partial charge is 0.231 e. The summed E-state index contributed by atoms with van der Waals surface area (Å²) in [6.07, 6.45) is 2.11. The number of ether oxygens (including phenoxy) is 4. The maximum absolute atomic E-state index is 5.99. The highest BCUT2D eigenvalue weighted by Gasteiger charge is 2.28. The Bertz CT molecular complexity index is 813. The monoisotopic (exact) mass is 325 g/mol. The van der Waals surface area contributed by atoms with Crippen LogP contribution in [0.2, 0.25) is 0 Å². The van der Waals surface area contributed by atoms with E-state index in [2.05, 4.69) is 12.1 Å². The molecular formula is C19H19NO4. The molecule has 0 aliphatic carbocycles. The van der Waals surface area contributed by atoms with Crippen molar-refractivity contribution in [2.24, 2.45) is 0 Å². The molecule has 124 valence electrons. The molecule has 5 heteroatoms. The molecule has 0 fully saturated rings. The van der Waals surface area contributed by atoms with Crippen LogP contribution in [-0.2, 0) is 0 Å². The van der Waals surface area contributed by atoms with E-state index < -0.39 is 0 Å². The van der Waals surface area contributed by atoms with Crippen molar-refractivity contribution in [3.63, 3.8) is 0 Å². The number of rotatable bonds is 3. The van der Waals surface area contributed by atoms with Gasteiger partial charge in [0.1, 0.15) is 5.75 Å². The zero-order chi connectivity index (χ0) is 16.7. The van der Waals surface area contributed by atoms with Gasteiger partial charge >= 0.3 is 0 Å². The number of hydrogen-bond acceptors (Lipinski definition) is 5. The number of benzene rings is 2. The Morgan fingerprint density at radius 3 is 2.71 bits per heavy atom. The second-order valence-corrected chi connectivity index (χ2v) is 5.97. The van der Waals surface area contributed by atoms with Crippen molar-refractivity contribution in [1.82, 2.24) is 4.90 Å². The van der Waals surface area contributed by atoms with Crippen molar-refractivity contribution in [3.8, 4) is 23.0 Å². The Morgan fingerprint density at radius 2 is 1.92 bits per heavy atom. The van der Waals surface area contributed by atoms with Crippen LogP contribution in [0.5, 0.6) is 23.0 Å². The molecule has 1 atom stereocenters. The van der Waals surface area contributed by atoms with Crippen LogP contribution in [0.15, 0.2) is 48.4 Å². The van der Waals surface area contributed by atoms with Gasteiger partial charge in [0.05, 0.1) is 7.11 Å². The third-order valence-electron chi connectivity index (χ3n) is 4.26. The van der Waals surface area contributed by atoms with E-state index in [0.29, 0.717) is 17.2 Å². The van der Waals surface area contributed by atoms with Gasteiger partial charge in [-0.3, -0.25) is 0 Å². The van der Waals surface area contributed by atoms with Crippen molar-refractivity contribution in [2.75, 3.05) is 28.0 Å². The molecule has 2 aliphatic heterocycles. The van der Waals surface area contributed by atoms with E-state index in [4.69, 9.17) is 18.9 Å². The predicted octanol–water partition coefficient (Wildman–Crippen LogP) is 3.35. The summed E-state index contributed by atoms with van der Waals surface area (Å²) in [4.78, 5) is 1.97. The summed E-state index contributed by atoms with van der Waals surface area (Å²) in [6.45, 7) is 0.221. The molecule has 24 heavy (non-hydrogen) atoms. The van der Waals surface area contributed by atoms with Gasteiger partial charge in [-0.05, 0) is 29.8 Å². The molecule has 2 aliphatic rings. The lowest BCUT2D eigenvalue weighted by Gasteiger charge is -2.28. The molecule has 0 radical (unpaired) electrons. The van der Waals surface area contributed by atoms with Crippen molar-refractivity contribution < 1.29 is 18.9 Å². The number of para-hydroxylation sites is 1. The van der Waals surface area contributed by atoms with Crippen molar-refractivity contribution in [2.45, 2.75) is 5.92 Å². The number of hydrogen-bond donors (Lipinski definition) is 0. The highest BCUT2D eigenvalue weighted by Crippen LogP contribution is 2.46. The lowest BCUT2D eigenvalue weighted by Crippen LogP contribution is -2.21. The number of allylic oxidation sites excluding steroid dienone is 1. The first kappa shape index (κ1) is 14.8. The summed E-state index contributed by atoms with van der Waals surface area (Å²) in [5.41, 5.74) is 2.19. The van der Waals surface area contributed by atoms with Gasteiger partial charge in [-0.15, -0.1) is 0 Å². The van der Waals surface area contributed by atoms with E-state index in [9.17, 15) is 0 Å². The Labute approximate surface area is 141 Å². The lowest BCUT2D eigenvalue weighted by atomic mass is 9.88. The highest BCUT2D eigenvalue weighted by atomic mass is 16.7. The van der Waals surface area contributed by atoms with Crippen LogP contribution in [-0.4, -0.2) is 32.9 Å². The molecule has 4 rings (SSSR count). The number of methoxy groups -OCH3 is 1. The lowest BCUT2D eigenvalue weighted by molar-refractivity contribution is 0.171. The molecule has 0 aromatic heterocycles. The Hall–Kier alpha value is -2.82. The van der Waals surface area contributed by atoms with Crippen LogP contribution in [0.4, 0.5) is 0 Å². The Kier molecular flexibility index (Phi) is 3.49. The summed E-state index contributed by atoms with van der Waals surface area (Å²) < 4.78 is 22.5. The van der Waals surface area contributed by atoms with Crippen molar-refractivity contribution in [1.29, 1.82) is 0 Å². The summed E-state index contributed by atoms with van der Waals surface area (Å²) >= 11 is 0. The topological polar surface area (TPSA) is 40.2 Å². The van der Waals surface area contributed by atoms with Crippen LogP contribution in [0.1, 0.15) is 17.0 Å². The molecule has 1 unspecified atom stereocenters. The first-order valence-corrected chi connectivity index (χ1v) is 7.81. The van der Waals surface area contributed by atoms with Gasteiger partial charge in [0.25, 0.3) is 0 Å². The highest BCUT2D eigenvalue weighted by molar-refractivity contribution is 5.59. The maximum atomic E-state index is 5.99. The Morgan fingerprint density at radius 1 is 1.08 bits per heavy atom. The summed E-state index contributed by atoms with van der Waals surface area (Å²) in [6, 6.07) is 12.1. The minimum absolute atomic E-state index is 0.0516. The molecule has 0 spiro atoms. The number of nitrogens with zero attached hydrogens (tertiary/aromatic N) is 1. The standard InChI is InChI=1S/C19H19NO4/c1-20(2)18-10-14(13-6-4-5-7-15(13)24-18)12-8-16(21-3)19-17(9-12)22-11-23-19/h4-10,14H,11H2,1-3H3. The summed E-state index contributed by atoms with van der Waals surface area (Å²) in [5, 5.41) is 0. The van der Waals surface area contributed by atoms with Gasteiger partial charge in [-0.2, -0.15) is 0 Å². The van der Waals surface area contributed by atoms with Crippen molar-refractivity contribution >= 4 is 0 Å². The fourth-order valence-corrected chi connectivity index (χ4v) is 3.06. The molecule has 0 N–H and O–H groups in total. The molecule has 0 saturated heterocycles. The maximum Gasteiger partial charge on any atom is 0.231 e. The van der Waals surface area contributed by atoms with E-state index in [1.807, 2.05) is 49.3 Å². The second-order valence-electron chi connectivity index (χ2n) is 5.97. The third kappa shape index (κ3) is 2.33. The normalized spacial score (nSPS) is 17.6. The summed E-state index contributed by atoms with van der Waals surface area (Å²) in [7, 11) is 5.58. The average Bonchev–Trinajstić information content (AvgIpc) is 3.08. The molecule has 2 aromatic rings. The summed E-state index contributed by atoms with van der Waals surface area (Å²) in [5.74, 6) is 3.80. The molecule has 0 saturated carbocycles. The van der Waals surface area contributed by atoms with Gasteiger partial charge < -0.3 is 23.8 Å². The molecule has 0 amide bonds. The van der Waals surface area contributed by atoms with Gasteiger partial charge in [0, 0.05) is 25.6 Å². The number of fused-ring (bicyclic) bond motifs is 2. The molecule has 0 bridgehead atoms. The van der Waals surface area contributed by atoms with Gasteiger partial charge in [0.15, 0.2) is 17.4 Å². The van der Waals surface area contributed by atoms with E-state index in [0.717, 1.165) is 22.8 Å². The van der Waals surface area contributed by atoms with Gasteiger partial charge in [-0.1, -0.05) is 18.2 Å². The largest absolute Gasteiger partial charge is 0.493 e. The quantitative estimate of drug-likeness (QED) is 0.865. The van der Waals surface area contributed by atoms with Crippen LogP contribution >= 0.6 is 0 Å². The van der Waals surface area contributed by atoms with Crippen molar-refractivity contribution in [3.05, 3.63) is 59.5 Å². The fraction of sp³-hybridized carbons (Fsp3) is 0.263.